The van der Waals surface area contributed by atoms with E-state index in [1.807, 2.05) is 38.2 Å². The van der Waals surface area contributed by atoms with Gasteiger partial charge in [0, 0.05) is 48.3 Å². The van der Waals surface area contributed by atoms with Crippen LogP contribution in [0.2, 0.25) is 5.02 Å². The Morgan fingerprint density at radius 2 is 1.89 bits per heavy atom. The van der Waals surface area contributed by atoms with Crippen LogP contribution in [-0.4, -0.2) is 62.7 Å². The van der Waals surface area contributed by atoms with Crippen LogP contribution in [0.3, 0.4) is 0 Å². The van der Waals surface area contributed by atoms with E-state index in [2.05, 4.69) is 44.8 Å². The maximum absolute atomic E-state index is 12.7. The average Bonchev–Trinajstić information content (AvgIpc) is 3.22. The van der Waals surface area contributed by atoms with Gasteiger partial charge in [-0.3, -0.25) is 0 Å². The molecule has 0 saturated carbocycles. The first kappa shape index (κ1) is 21.0. The van der Waals surface area contributed by atoms with Crippen LogP contribution in [0.5, 0.6) is 0 Å². The molecule has 152 valence electrons. The van der Waals surface area contributed by atoms with Gasteiger partial charge in [-0.25, -0.2) is 4.79 Å². The Bertz CT molecular complexity index is 742. The van der Waals surface area contributed by atoms with Crippen molar-refractivity contribution in [2.45, 2.75) is 24.9 Å². The van der Waals surface area contributed by atoms with Crippen LogP contribution in [0, 0.1) is 0 Å². The first-order valence-corrected chi connectivity index (χ1v) is 10.9. The monoisotopic (exact) mass is 420 g/mol. The largest absolute Gasteiger partial charge is 0.371 e. The number of amides is 2. The average molecular weight is 421 g/mol. The molecule has 1 fully saturated rings. The number of nitrogens with zero attached hydrogens (tertiary/aromatic N) is 3. The molecule has 1 aromatic heterocycles. The van der Waals surface area contributed by atoms with Crippen LogP contribution >= 0.6 is 22.9 Å². The van der Waals surface area contributed by atoms with E-state index in [1.165, 1.54) is 10.6 Å². The third kappa shape index (κ3) is 5.19. The number of benzene rings is 1. The molecule has 1 N–H and O–H groups in total. The summed E-state index contributed by atoms with van der Waals surface area (Å²) < 4.78 is 0. The van der Waals surface area contributed by atoms with Gasteiger partial charge in [-0.05, 0) is 62.6 Å². The van der Waals surface area contributed by atoms with Gasteiger partial charge in [0.1, 0.15) is 0 Å². The van der Waals surface area contributed by atoms with Gasteiger partial charge in [-0.2, -0.15) is 0 Å². The van der Waals surface area contributed by atoms with Crippen molar-refractivity contribution in [3.63, 3.8) is 0 Å². The summed E-state index contributed by atoms with van der Waals surface area (Å²) in [6, 6.07) is 12.6. The smallest absolute Gasteiger partial charge is 0.317 e. The highest BCUT2D eigenvalue weighted by Gasteiger charge is 2.26. The number of likely N-dealkylation sites (N-methyl/N-ethyl adjacent to an activating group) is 1. The Labute approximate surface area is 176 Å². The normalized spacial score (nSPS) is 16.2. The van der Waals surface area contributed by atoms with Crippen LogP contribution < -0.4 is 10.2 Å². The molecule has 1 aliphatic heterocycles. The number of hydrogen-bond donors (Lipinski definition) is 1. The number of carbonyl (C=O) groups excluding carboxylic acids is 1. The molecule has 1 atom stereocenters. The lowest BCUT2D eigenvalue weighted by Crippen LogP contribution is -2.50. The van der Waals surface area contributed by atoms with Gasteiger partial charge in [-0.15, -0.1) is 11.3 Å². The highest BCUT2D eigenvalue weighted by Crippen LogP contribution is 2.25. The molecule has 2 aromatic rings. The highest BCUT2D eigenvalue weighted by molar-refractivity contribution is 7.10. The SMILES string of the molecule is CN(C)C(CNC(=O)N(C)C1CCN(c2ccc(Cl)cc2)CC1)c1cccs1. The molecule has 1 unspecified atom stereocenters. The van der Waals surface area contributed by atoms with Crippen LogP contribution in [0.15, 0.2) is 41.8 Å². The predicted octanol–water partition coefficient (Wildman–Crippen LogP) is 4.31. The quantitative estimate of drug-likeness (QED) is 0.756. The molecule has 0 aliphatic carbocycles. The zero-order valence-corrected chi connectivity index (χ0v) is 18.3. The maximum atomic E-state index is 12.7. The molecule has 5 nitrogen and oxygen atoms in total. The van der Waals surface area contributed by atoms with Crippen LogP contribution in [-0.2, 0) is 0 Å². The fraction of sp³-hybridized carbons (Fsp3) is 0.476. The number of anilines is 1. The summed E-state index contributed by atoms with van der Waals surface area (Å²) >= 11 is 7.71. The first-order chi connectivity index (χ1) is 13.5. The van der Waals surface area contributed by atoms with E-state index in [-0.39, 0.29) is 18.1 Å². The Balaban J connectivity index is 1.49. The second-order valence-corrected chi connectivity index (χ2v) is 8.90. The van der Waals surface area contributed by atoms with E-state index in [0.717, 1.165) is 31.0 Å². The zero-order valence-electron chi connectivity index (χ0n) is 16.8. The number of carbonyl (C=O) groups is 1. The number of hydrogen-bond acceptors (Lipinski definition) is 4. The van der Waals surface area contributed by atoms with Crippen LogP contribution in [0.1, 0.15) is 23.8 Å². The standard InChI is InChI=1S/C21H29ClN4OS/c1-24(2)19(20-5-4-14-28-20)15-23-21(27)25(3)17-10-12-26(13-11-17)18-8-6-16(22)7-9-18/h4-9,14,17,19H,10-13,15H2,1-3H3,(H,23,27). The summed E-state index contributed by atoms with van der Waals surface area (Å²) in [6.07, 6.45) is 1.93. The molecule has 0 bridgehead atoms. The van der Waals surface area contributed by atoms with Gasteiger partial charge in [0.25, 0.3) is 0 Å². The number of rotatable bonds is 6. The molecule has 0 radical (unpaired) electrons. The van der Waals surface area contributed by atoms with Gasteiger partial charge in [0.05, 0.1) is 6.04 Å². The van der Waals surface area contributed by atoms with E-state index in [9.17, 15) is 4.79 Å². The molecule has 1 aromatic carbocycles. The molecule has 2 amide bonds. The topological polar surface area (TPSA) is 38.8 Å². The Kier molecular flexibility index (Phi) is 7.21. The number of piperidine rings is 1. The lowest BCUT2D eigenvalue weighted by atomic mass is 10.0. The fourth-order valence-electron chi connectivity index (χ4n) is 3.66. The summed E-state index contributed by atoms with van der Waals surface area (Å²) in [7, 11) is 6.01. The molecule has 28 heavy (non-hydrogen) atoms. The highest BCUT2D eigenvalue weighted by atomic mass is 35.5. The molecule has 7 heteroatoms. The molecule has 1 aliphatic rings. The molecule has 3 rings (SSSR count). The van der Waals surface area contributed by atoms with E-state index in [0.29, 0.717) is 6.54 Å². The summed E-state index contributed by atoms with van der Waals surface area (Å²) in [5, 5.41) is 5.96. The summed E-state index contributed by atoms with van der Waals surface area (Å²) in [6.45, 7) is 2.50. The molecule has 1 saturated heterocycles. The van der Waals surface area contributed by atoms with Crippen molar-refractivity contribution >= 4 is 34.7 Å². The van der Waals surface area contributed by atoms with Crippen molar-refractivity contribution in [3.05, 3.63) is 51.7 Å². The van der Waals surface area contributed by atoms with Crippen LogP contribution in [0.4, 0.5) is 10.5 Å². The summed E-state index contributed by atoms with van der Waals surface area (Å²) in [5.41, 5.74) is 1.19. The second kappa shape index (κ2) is 9.63. The Hall–Kier alpha value is -1.76. The van der Waals surface area contributed by atoms with Crippen molar-refractivity contribution < 1.29 is 4.79 Å². The minimum Gasteiger partial charge on any atom is -0.371 e. The molecular formula is C21H29ClN4OS. The fourth-order valence-corrected chi connectivity index (χ4v) is 4.70. The Morgan fingerprint density at radius 3 is 2.46 bits per heavy atom. The van der Waals surface area contributed by atoms with Gasteiger partial charge in [-0.1, -0.05) is 17.7 Å². The predicted molar refractivity (Wildman–Crippen MR) is 119 cm³/mol. The van der Waals surface area contributed by atoms with E-state index < -0.39 is 0 Å². The summed E-state index contributed by atoms with van der Waals surface area (Å²) in [4.78, 5) is 20.4. The third-order valence-electron chi connectivity index (χ3n) is 5.47. The van der Waals surface area contributed by atoms with Crippen LogP contribution in [0.25, 0.3) is 0 Å². The lowest BCUT2D eigenvalue weighted by Gasteiger charge is -2.38. The lowest BCUT2D eigenvalue weighted by molar-refractivity contribution is 0.175. The number of halogens is 1. The van der Waals surface area contributed by atoms with Crippen molar-refractivity contribution in [1.82, 2.24) is 15.1 Å². The van der Waals surface area contributed by atoms with E-state index in [4.69, 9.17) is 11.6 Å². The van der Waals surface area contributed by atoms with Crippen molar-refractivity contribution in [3.8, 4) is 0 Å². The minimum atomic E-state index is 0.00773. The molecular weight excluding hydrogens is 392 g/mol. The second-order valence-electron chi connectivity index (χ2n) is 7.49. The number of urea groups is 1. The van der Waals surface area contributed by atoms with Crippen molar-refractivity contribution in [2.24, 2.45) is 0 Å². The van der Waals surface area contributed by atoms with Gasteiger partial charge in [0.15, 0.2) is 0 Å². The number of nitrogens with one attached hydrogen (secondary N) is 1. The molecule has 0 spiro atoms. The first-order valence-electron chi connectivity index (χ1n) is 9.66. The van der Waals surface area contributed by atoms with Crippen molar-refractivity contribution in [2.75, 3.05) is 45.7 Å². The third-order valence-corrected chi connectivity index (χ3v) is 6.69. The molecule has 2 heterocycles. The zero-order chi connectivity index (χ0) is 20.1. The van der Waals surface area contributed by atoms with Gasteiger partial charge < -0.3 is 20.0 Å². The maximum Gasteiger partial charge on any atom is 0.317 e. The van der Waals surface area contributed by atoms with Crippen molar-refractivity contribution in [1.29, 1.82) is 0 Å². The number of thiophene rings is 1. The minimum absolute atomic E-state index is 0.00773. The van der Waals surface area contributed by atoms with Gasteiger partial charge >= 0.3 is 6.03 Å². The summed E-state index contributed by atoms with van der Waals surface area (Å²) in [5.74, 6) is 0. The van der Waals surface area contributed by atoms with Gasteiger partial charge in [0.2, 0.25) is 0 Å². The Morgan fingerprint density at radius 1 is 1.21 bits per heavy atom. The van der Waals surface area contributed by atoms with E-state index in [1.54, 1.807) is 11.3 Å². The van der Waals surface area contributed by atoms with E-state index >= 15 is 0 Å².